The highest BCUT2D eigenvalue weighted by Crippen LogP contribution is 2.24. The maximum Gasteiger partial charge on any atom is 0.270 e. The van der Waals surface area contributed by atoms with E-state index in [-0.39, 0.29) is 22.4 Å². The topological polar surface area (TPSA) is 82.2 Å². The molecule has 0 spiro atoms. The van der Waals surface area contributed by atoms with Gasteiger partial charge in [-0.05, 0) is 26.3 Å². The van der Waals surface area contributed by atoms with Gasteiger partial charge in [-0.3, -0.25) is 19.7 Å². The van der Waals surface area contributed by atoms with E-state index in [0.29, 0.717) is 23.2 Å². The van der Waals surface area contributed by atoms with E-state index < -0.39 is 4.92 Å². The van der Waals surface area contributed by atoms with E-state index in [1.54, 1.807) is 6.92 Å². The largest absolute Gasteiger partial charge is 0.312 e. The van der Waals surface area contributed by atoms with Crippen molar-refractivity contribution in [2.24, 2.45) is 0 Å². The number of ketones is 1. The zero-order chi connectivity index (χ0) is 15.7. The second-order valence-electron chi connectivity index (χ2n) is 4.96. The third-order valence-corrected chi connectivity index (χ3v) is 3.52. The number of hydrogen-bond donors (Lipinski definition) is 0. The number of fused-ring (bicyclic) bond motifs is 1. The minimum Gasteiger partial charge on any atom is -0.312 e. The Hall–Kier alpha value is -2.50. The molecule has 0 aliphatic rings. The van der Waals surface area contributed by atoms with Gasteiger partial charge in [-0.2, -0.15) is 0 Å². The van der Waals surface area contributed by atoms with Crippen molar-refractivity contribution < 1.29 is 9.72 Å². The molecule has 0 unspecified atom stereocenters. The van der Waals surface area contributed by atoms with Crippen molar-refractivity contribution in [2.45, 2.75) is 33.7 Å². The van der Waals surface area contributed by atoms with E-state index in [1.807, 2.05) is 6.92 Å². The SMILES string of the molecule is CCCn1c(C)c(C(C)=O)c2ccc([N+](=O)[O-])cc2c1=O. The molecule has 0 fully saturated rings. The third kappa shape index (κ3) is 2.44. The molecule has 2 rings (SSSR count). The van der Waals surface area contributed by atoms with E-state index in [1.165, 1.54) is 29.7 Å². The number of nitro benzene ring substituents is 1. The van der Waals surface area contributed by atoms with Crippen LogP contribution in [-0.2, 0) is 6.54 Å². The number of aromatic nitrogens is 1. The summed E-state index contributed by atoms with van der Waals surface area (Å²) < 4.78 is 1.52. The molecule has 1 heterocycles. The summed E-state index contributed by atoms with van der Waals surface area (Å²) in [5, 5.41) is 11.6. The average molecular weight is 288 g/mol. The Labute approximate surface area is 121 Å². The van der Waals surface area contributed by atoms with Gasteiger partial charge in [0.1, 0.15) is 0 Å². The maximum atomic E-state index is 12.5. The van der Waals surface area contributed by atoms with E-state index in [0.717, 1.165) is 6.42 Å². The summed E-state index contributed by atoms with van der Waals surface area (Å²) in [6, 6.07) is 4.04. The molecule has 0 bridgehead atoms. The second kappa shape index (κ2) is 5.47. The molecule has 1 aromatic carbocycles. The number of Topliss-reactive ketones (excluding diaryl/α,β-unsaturated/α-hetero) is 1. The molecular weight excluding hydrogens is 272 g/mol. The van der Waals surface area contributed by atoms with Gasteiger partial charge in [-0.25, -0.2) is 0 Å². The Kier molecular flexibility index (Phi) is 3.88. The van der Waals surface area contributed by atoms with Crippen molar-refractivity contribution in [3.63, 3.8) is 0 Å². The summed E-state index contributed by atoms with van der Waals surface area (Å²) in [6.07, 6.45) is 0.735. The summed E-state index contributed by atoms with van der Waals surface area (Å²) in [4.78, 5) is 34.8. The Bertz CT molecular complexity index is 805. The van der Waals surface area contributed by atoms with Gasteiger partial charge in [0.25, 0.3) is 11.2 Å². The van der Waals surface area contributed by atoms with Gasteiger partial charge >= 0.3 is 0 Å². The summed E-state index contributed by atoms with van der Waals surface area (Å²) in [6.45, 7) is 5.57. The molecule has 1 aromatic heterocycles. The fourth-order valence-electron chi connectivity index (χ4n) is 2.61. The van der Waals surface area contributed by atoms with E-state index >= 15 is 0 Å². The average Bonchev–Trinajstić information content (AvgIpc) is 2.42. The molecule has 0 N–H and O–H groups in total. The fourth-order valence-corrected chi connectivity index (χ4v) is 2.61. The van der Waals surface area contributed by atoms with Gasteiger partial charge in [0, 0.05) is 35.3 Å². The predicted octanol–water partition coefficient (Wildman–Crippen LogP) is 2.83. The lowest BCUT2D eigenvalue weighted by Gasteiger charge is -2.15. The number of carbonyl (C=O) groups excluding carboxylic acids is 1. The van der Waals surface area contributed by atoms with Crippen LogP contribution in [0, 0.1) is 17.0 Å². The van der Waals surface area contributed by atoms with Gasteiger partial charge in [0.05, 0.1) is 10.3 Å². The molecule has 0 atom stereocenters. The molecule has 0 saturated carbocycles. The van der Waals surface area contributed by atoms with Crippen LogP contribution < -0.4 is 5.56 Å². The zero-order valence-corrected chi connectivity index (χ0v) is 12.2. The zero-order valence-electron chi connectivity index (χ0n) is 12.2. The highest BCUT2D eigenvalue weighted by atomic mass is 16.6. The van der Waals surface area contributed by atoms with Crippen LogP contribution in [0.4, 0.5) is 5.69 Å². The molecule has 0 amide bonds. The number of carbonyl (C=O) groups is 1. The quantitative estimate of drug-likeness (QED) is 0.492. The van der Waals surface area contributed by atoms with Crippen molar-refractivity contribution in [3.8, 4) is 0 Å². The monoisotopic (exact) mass is 288 g/mol. The number of pyridine rings is 1. The lowest BCUT2D eigenvalue weighted by atomic mass is 10.0. The highest BCUT2D eigenvalue weighted by Gasteiger charge is 2.18. The van der Waals surface area contributed by atoms with Crippen LogP contribution in [0.25, 0.3) is 10.8 Å². The number of nitro groups is 1. The van der Waals surface area contributed by atoms with Crippen LogP contribution in [0.2, 0.25) is 0 Å². The third-order valence-electron chi connectivity index (χ3n) is 3.52. The Morgan fingerprint density at radius 1 is 1.33 bits per heavy atom. The molecule has 0 aliphatic carbocycles. The molecule has 0 aliphatic heterocycles. The van der Waals surface area contributed by atoms with Gasteiger partial charge in [0.15, 0.2) is 5.78 Å². The number of hydrogen-bond acceptors (Lipinski definition) is 4. The molecule has 21 heavy (non-hydrogen) atoms. The van der Waals surface area contributed by atoms with E-state index in [9.17, 15) is 19.7 Å². The van der Waals surface area contributed by atoms with Gasteiger partial charge in [-0.15, -0.1) is 0 Å². The van der Waals surface area contributed by atoms with Crippen LogP contribution in [0.3, 0.4) is 0 Å². The molecule has 6 heteroatoms. The first-order chi connectivity index (χ1) is 9.88. The van der Waals surface area contributed by atoms with E-state index in [2.05, 4.69) is 0 Å². The van der Waals surface area contributed by atoms with Gasteiger partial charge in [0.2, 0.25) is 0 Å². The van der Waals surface area contributed by atoms with E-state index in [4.69, 9.17) is 0 Å². The standard InChI is InChI=1S/C15H16N2O4/c1-4-7-16-9(2)14(10(3)18)12-6-5-11(17(20)21)8-13(12)15(16)19/h5-6,8H,4,7H2,1-3H3. The summed E-state index contributed by atoms with van der Waals surface area (Å²) in [5.41, 5.74) is 0.614. The first-order valence-electron chi connectivity index (χ1n) is 6.71. The van der Waals surface area contributed by atoms with Crippen molar-refractivity contribution in [1.29, 1.82) is 0 Å². The van der Waals surface area contributed by atoms with Crippen LogP contribution in [-0.4, -0.2) is 15.3 Å². The first-order valence-corrected chi connectivity index (χ1v) is 6.71. The molecule has 0 radical (unpaired) electrons. The van der Waals surface area contributed by atoms with Gasteiger partial charge < -0.3 is 4.57 Å². The van der Waals surface area contributed by atoms with Crippen LogP contribution >= 0.6 is 0 Å². The minimum atomic E-state index is -0.545. The lowest BCUT2D eigenvalue weighted by molar-refractivity contribution is -0.384. The number of non-ortho nitro benzene ring substituents is 1. The smallest absolute Gasteiger partial charge is 0.270 e. The molecule has 0 saturated heterocycles. The van der Waals surface area contributed by atoms with Crippen LogP contribution in [0.15, 0.2) is 23.0 Å². The minimum absolute atomic E-state index is 0.152. The normalized spacial score (nSPS) is 10.8. The Morgan fingerprint density at radius 3 is 2.52 bits per heavy atom. The second-order valence-corrected chi connectivity index (χ2v) is 4.96. The first kappa shape index (κ1) is 14.9. The summed E-state index contributed by atoms with van der Waals surface area (Å²) in [7, 11) is 0. The van der Waals surface area contributed by atoms with Crippen molar-refractivity contribution >= 4 is 22.2 Å². The Balaban J connectivity index is 2.97. The summed E-state index contributed by atoms with van der Waals surface area (Å²) >= 11 is 0. The van der Waals surface area contributed by atoms with Crippen LogP contribution in [0.5, 0.6) is 0 Å². The highest BCUT2D eigenvalue weighted by molar-refractivity contribution is 6.08. The fraction of sp³-hybridized carbons (Fsp3) is 0.333. The van der Waals surface area contributed by atoms with Crippen molar-refractivity contribution in [2.75, 3.05) is 0 Å². The molecular formula is C15H16N2O4. The van der Waals surface area contributed by atoms with Crippen molar-refractivity contribution in [1.82, 2.24) is 4.57 Å². The van der Waals surface area contributed by atoms with Crippen molar-refractivity contribution in [3.05, 3.63) is 49.9 Å². The lowest BCUT2D eigenvalue weighted by Crippen LogP contribution is -2.25. The predicted molar refractivity (Wildman–Crippen MR) is 79.9 cm³/mol. The van der Waals surface area contributed by atoms with Gasteiger partial charge in [-0.1, -0.05) is 6.92 Å². The number of nitrogens with zero attached hydrogens (tertiary/aromatic N) is 2. The molecule has 2 aromatic rings. The van der Waals surface area contributed by atoms with Crippen LogP contribution in [0.1, 0.15) is 36.3 Å². The number of benzene rings is 1. The molecule has 6 nitrogen and oxygen atoms in total. The maximum absolute atomic E-state index is 12.5. The Morgan fingerprint density at radius 2 is 2.00 bits per heavy atom. The number of rotatable bonds is 4. The summed E-state index contributed by atoms with van der Waals surface area (Å²) in [5.74, 6) is -0.156. The molecule has 110 valence electrons.